The lowest BCUT2D eigenvalue weighted by Crippen LogP contribution is -2.42. The monoisotopic (exact) mass is 492 g/mol. The molecule has 3 heterocycles. The topological polar surface area (TPSA) is 104 Å². The molecule has 4 rings (SSSR count). The van der Waals surface area contributed by atoms with Gasteiger partial charge in [0.15, 0.2) is 0 Å². The lowest BCUT2D eigenvalue weighted by Gasteiger charge is -2.19. The van der Waals surface area contributed by atoms with Gasteiger partial charge in [-0.1, -0.05) is 23.2 Å². The first-order chi connectivity index (χ1) is 16.0. The SMILES string of the molecule is COc1cc(OC)c(Cl)c(-c2cc3cnc(NC4COCC4NC=O)cc3c(OC)n2)c1Cl. The van der Waals surface area contributed by atoms with Crippen LogP contribution in [0.1, 0.15) is 0 Å². The van der Waals surface area contributed by atoms with Crippen molar-refractivity contribution in [3.8, 4) is 28.6 Å². The molecule has 174 valence electrons. The smallest absolute Gasteiger partial charge is 0.221 e. The van der Waals surface area contributed by atoms with Gasteiger partial charge in [-0.3, -0.25) is 4.79 Å². The van der Waals surface area contributed by atoms with E-state index in [9.17, 15) is 4.79 Å². The number of carbonyl (C=O) groups excluding carboxylic acids is 1. The highest BCUT2D eigenvalue weighted by molar-refractivity contribution is 6.41. The van der Waals surface area contributed by atoms with Gasteiger partial charge in [-0.25, -0.2) is 9.97 Å². The maximum Gasteiger partial charge on any atom is 0.221 e. The van der Waals surface area contributed by atoms with Crippen molar-refractivity contribution in [2.75, 3.05) is 39.9 Å². The van der Waals surface area contributed by atoms with Crippen LogP contribution in [0.3, 0.4) is 0 Å². The third-order valence-corrected chi connectivity index (χ3v) is 6.15. The van der Waals surface area contributed by atoms with Crippen molar-refractivity contribution in [1.82, 2.24) is 15.3 Å². The van der Waals surface area contributed by atoms with E-state index in [1.807, 2.05) is 12.1 Å². The van der Waals surface area contributed by atoms with Gasteiger partial charge < -0.3 is 29.6 Å². The number of methoxy groups -OCH3 is 3. The summed E-state index contributed by atoms with van der Waals surface area (Å²) < 4.78 is 21.8. The number of fused-ring (bicyclic) bond motifs is 1. The Morgan fingerprint density at radius 1 is 1.03 bits per heavy atom. The van der Waals surface area contributed by atoms with Crippen molar-refractivity contribution >= 4 is 46.2 Å². The summed E-state index contributed by atoms with van der Waals surface area (Å²) in [7, 11) is 4.55. The molecule has 2 unspecified atom stereocenters. The first kappa shape index (κ1) is 23.2. The number of hydrogen-bond acceptors (Lipinski definition) is 8. The fourth-order valence-corrected chi connectivity index (χ4v) is 4.42. The molecule has 1 fully saturated rings. The first-order valence-corrected chi connectivity index (χ1v) is 10.7. The molecule has 9 nitrogen and oxygen atoms in total. The summed E-state index contributed by atoms with van der Waals surface area (Å²) in [4.78, 5) is 20.0. The molecule has 0 bridgehead atoms. The average molecular weight is 493 g/mol. The summed E-state index contributed by atoms with van der Waals surface area (Å²) in [5.41, 5.74) is 0.941. The van der Waals surface area contributed by atoms with E-state index in [2.05, 4.69) is 20.6 Å². The van der Waals surface area contributed by atoms with Crippen molar-refractivity contribution in [3.63, 3.8) is 0 Å². The van der Waals surface area contributed by atoms with Crippen LogP contribution in [0.25, 0.3) is 22.0 Å². The molecule has 1 aromatic carbocycles. The Hall–Kier alpha value is -3.01. The van der Waals surface area contributed by atoms with Crippen LogP contribution in [0.4, 0.5) is 5.82 Å². The van der Waals surface area contributed by atoms with E-state index in [1.165, 1.54) is 21.3 Å². The molecule has 2 aromatic heterocycles. The molecular formula is C22H22Cl2N4O5. The standard InChI is InChI=1S/C22H22Cl2N4O5/c1-30-16-6-17(31-2)21(24)19(20(16)23)13-4-11-7-25-18(5-12(11)22(28-13)32-3)27-15-9-33-8-14(15)26-10-29/h4-7,10,14-15H,8-9H2,1-3H3,(H,25,27)(H,26,29). The van der Waals surface area contributed by atoms with Crippen molar-refractivity contribution in [2.45, 2.75) is 12.1 Å². The summed E-state index contributed by atoms with van der Waals surface area (Å²) in [5.74, 6) is 1.78. The van der Waals surface area contributed by atoms with E-state index in [4.69, 9.17) is 42.1 Å². The summed E-state index contributed by atoms with van der Waals surface area (Å²) in [6.45, 7) is 0.887. The van der Waals surface area contributed by atoms with Gasteiger partial charge in [-0.05, 0) is 12.1 Å². The van der Waals surface area contributed by atoms with Gasteiger partial charge in [-0.15, -0.1) is 0 Å². The molecule has 0 spiro atoms. The quantitative estimate of drug-likeness (QED) is 0.460. The van der Waals surface area contributed by atoms with Gasteiger partial charge >= 0.3 is 0 Å². The average Bonchev–Trinajstić information content (AvgIpc) is 3.25. The maximum atomic E-state index is 10.8. The number of nitrogens with one attached hydrogen (secondary N) is 2. The van der Waals surface area contributed by atoms with Gasteiger partial charge in [-0.2, -0.15) is 0 Å². The molecule has 0 aliphatic carbocycles. The molecule has 1 aliphatic rings. The predicted octanol–water partition coefficient (Wildman–Crippen LogP) is 3.55. The largest absolute Gasteiger partial charge is 0.495 e. The zero-order valence-corrected chi connectivity index (χ0v) is 19.7. The molecule has 1 saturated heterocycles. The number of hydrogen-bond donors (Lipinski definition) is 2. The van der Waals surface area contributed by atoms with E-state index in [-0.39, 0.29) is 12.1 Å². The summed E-state index contributed by atoms with van der Waals surface area (Å²) in [6, 6.07) is 5.01. The van der Waals surface area contributed by atoms with Crippen LogP contribution in [0.15, 0.2) is 24.4 Å². The normalized spacial score (nSPS) is 17.6. The Morgan fingerprint density at radius 3 is 2.36 bits per heavy atom. The van der Waals surface area contributed by atoms with E-state index in [0.717, 1.165) is 10.8 Å². The highest BCUT2D eigenvalue weighted by Gasteiger charge is 2.28. The van der Waals surface area contributed by atoms with Crippen LogP contribution >= 0.6 is 23.2 Å². The number of anilines is 1. The minimum atomic E-state index is -0.144. The minimum Gasteiger partial charge on any atom is -0.495 e. The minimum absolute atomic E-state index is 0.111. The molecule has 11 heteroatoms. The zero-order chi connectivity index (χ0) is 23.5. The van der Waals surface area contributed by atoms with E-state index in [1.54, 1.807) is 12.3 Å². The Kier molecular flexibility index (Phi) is 6.92. The van der Waals surface area contributed by atoms with Crippen molar-refractivity contribution < 1.29 is 23.7 Å². The van der Waals surface area contributed by atoms with Crippen LogP contribution in [-0.4, -0.2) is 63.0 Å². The predicted molar refractivity (Wildman–Crippen MR) is 126 cm³/mol. The van der Waals surface area contributed by atoms with E-state index in [0.29, 0.717) is 64.1 Å². The molecule has 1 aliphatic heterocycles. The number of amides is 1. The zero-order valence-electron chi connectivity index (χ0n) is 18.1. The van der Waals surface area contributed by atoms with Gasteiger partial charge in [0.25, 0.3) is 0 Å². The Labute approximate surface area is 200 Å². The van der Waals surface area contributed by atoms with Crippen molar-refractivity contribution in [1.29, 1.82) is 0 Å². The van der Waals surface area contributed by atoms with Gasteiger partial charge in [0.2, 0.25) is 12.3 Å². The Balaban J connectivity index is 1.77. The van der Waals surface area contributed by atoms with Gasteiger partial charge in [0.1, 0.15) is 17.3 Å². The van der Waals surface area contributed by atoms with E-state index >= 15 is 0 Å². The maximum absolute atomic E-state index is 10.8. The highest BCUT2D eigenvalue weighted by Crippen LogP contribution is 2.46. The number of nitrogens with zero attached hydrogens (tertiary/aromatic N) is 2. The molecule has 0 radical (unpaired) electrons. The van der Waals surface area contributed by atoms with Crippen LogP contribution in [0, 0.1) is 0 Å². The van der Waals surface area contributed by atoms with Crippen LogP contribution in [-0.2, 0) is 9.53 Å². The van der Waals surface area contributed by atoms with Crippen LogP contribution in [0.5, 0.6) is 17.4 Å². The number of aromatic nitrogens is 2. The number of carbonyl (C=O) groups is 1. The Morgan fingerprint density at radius 2 is 1.73 bits per heavy atom. The molecule has 33 heavy (non-hydrogen) atoms. The van der Waals surface area contributed by atoms with Gasteiger partial charge in [0, 0.05) is 28.6 Å². The number of rotatable bonds is 8. The Bertz CT molecular complexity index is 1170. The molecule has 2 N–H and O–H groups in total. The summed E-state index contributed by atoms with van der Waals surface area (Å²) >= 11 is 13.1. The lowest BCUT2D eigenvalue weighted by atomic mass is 10.1. The number of ether oxygens (including phenoxy) is 4. The number of pyridine rings is 2. The molecule has 2 atom stereocenters. The van der Waals surface area contributed by atoms with E-state index < -0.39 is 0 Å². The third kappa shape index (κ3) is 4.44. The summed E-state index contributed by atoms with van der Waals surface area (Å²) in [5, 5.41) is 8.16. The number of halogens is 2. The molecular weight excluding hydrogens is 471 g/mol. The molecule has 0 saturated carbocycles. The second kappa shape index (κ2) is 9.86. The van der Waals surface area contributed by atoms with Crippen LogP contribution in [0.2, 0.25) is 10.0 Å². The van der Waals surface area contributed by atoms with Crippen molar-refractivity contribution in [2.24, 2.45) is 0 Å². The molecule has 1 amide bonds. The second-order valence-corrected chi connectivity index (χ2v) is 8.03. The highest BCUT2D eigenvalue weighted by atomic mass is 35.5. The lowest BCUT2D eigenvalue weighted by molar-refractivity contribution is -0.110. The first-order valence-electron chi connectivity index (χ1n) is 9.99. The third-order valence-electron chi connectivity index (χ3n) is 5.40. The van der Waals surface area contributed by atoms with Crippen LogP contribution < -0.4 is 24.8 Å². The van der Waals surface area contributed by atoms with Crippen molar-refractivity contribution in [3.05, 3.63) is 34.4 Å². The molecule has 3 aromatic rings. The fraction of sp³-hybridized carbons (Fsp3) is 0.318. The fourth-order valence-electron chi connectivity index (χ4n) is 3.73. The number of benzene rings is 1. The summed E-state index contributed by atoms with van der Waals surface area (Å²) in [6.07, 6.45) is 2.36. The second-order valence-electron chi connectivity index (χ2n) is 7.27. The van der Waals surface area contributed by atoms with Gasteiger partial charge in [0.05, 0.1) is 62.4 Å².